The number of nitrogens with one attached hydrogen (secondary N) is 1. The summed E-state index contributed by atoms with van der Waals surface area (Å²) in [6.07, 6.45) is 6.30. The van der Waals surface area contributed by atoms with Gasteiger partial charge in [-0.25, -0.2) is 9.37 Å². The predicted molar refractivity (Wildman–Crippen MR) is 100 cm³/mol. The van der Waals surface area contributed by atoms with Crippen molar-refractivity contribution in [1.29, 1.82) is 0 Å². The number of aromatic nitrogens is 2. The lowest BCUT2D eigenvalue weighted by Gasteiger charge is -2.15. The standard InChI is InChI=1S/C20H22FN3O2/c1-25-18-8-7-15(13-19(18)26-2)16-5-3-6-17(21)20(16)23-9-4-11-24-12-10-22-14-24/h3,5-8,10,12-14,23H,4,9,11H2,1-2H3. The number of anilines is 1. The third-order valence-corrected chi connectivity index (χ3v) is 4.16. The van der Waals surface area contributed by atoms with Gasteiger partial charge in [-0.15, -0.1) is 0 Å². The van der Waals surface area contributed by atoms with E-state index < -0.39 is 0 Å². The van der Waals surface area contributed by atoms with Crippen molar-refractivity contribution in [3.8, 4) is 22.6 Å². The van der Waals surface area contributed by atoms with Crippen LogP contribution in [0, 0.1) is 5.82 Å². The van der Waals surface area contributed by atoms with E-state index in [1.54, 1.807) is 32.8 Å². The van der Waals surface area contributed by atoms with E-state index in [9.17, 15) is 4.39 Å². The maximum atomic E-state index is 14.4. The van der Waals surface area contributed by atoms with Crippen molar-refractivity contribution < 1.29 is 13.9 Å². The van der Waals surface area contributed by atoms with Gasteiger partial charge in [0.15, 0.2) is 11.5 Å². The van der Waals surface area contributed by atoms with E-state index in [-0.39, 0.29) is 5.82 Å². The van der Waals surface area contributed by atoms with Crippen molar-refractivity contribution in [3.05, 3.63) is 60.9 Å². The first-order valence-electron chi connectivity index (χ1n) is 8.43. The van der Waals surface area contributed by atoms with Gasteiger partial charge in [0, 0.05) is 31.0 Å². The molecule has 3 aromatic rings. The summed E-state index contributed by atoms with van der Waals surface area (Å²) >= 11 is 0. The number of nitrogens with zero attached hydrogens (tertiary/aromatic N) is 2. The Balaban J connectivity index is 1.78. The zero-order chi connectivity index (χ0) is 18.4. The molecule has 0 atom stereocenters. The van der Waals surface area contributed by atoms with Crippen LogP contribution in [0.4, 0.5) is 10.1 Å². The molecule has 0 saturated carbocycles. The van der Waals surface area contributed by atoms with Crippen molar-refractivity contribution in [1.82, 2.24) is 9.55 Å². The lowest BCUT2D eigenvalue weighted by molar-refractivity contribution is 0.355. The smallest absolute Gasteiger partial charge is 0.161 e. The minimum atomic E-state index is -0.278. The summed E-state index contributed by atoms with van der Waals surface area (Å²) in [5, 5.41) is 3.23. The van der Waals surface area contributed by atoms with Crippen LogP contribution in [0.1, 0.15) is 6.42 Å². The molecule has 1 heterocycles. The molecule has 2 aromatic carbocycles. The van der Waals surface area contributed by atoms with E-state index in [1.165, 1.54) is 6.07 Å². The third-order valence-electron chi connectivity index (χ3n) is 4.16. The quantitative estimate of drug-likeness (QED) is 0.615. The molecule has 1 aromatic heterocycles. The van der Waals surface area contributed by atoms with Crippen LogP contribution in [0.3, 0.4) is 0 Å². The number of methoxy groups -OCH3 is 2. The molecule has 0 radical (unpaired) electrons. The van der Waals surface area contributed by atoms with Gasteiger partial charge < -0.3 is 19.4 Å². The fourth-order valence-electron chi connectivity index (χ4n) is 2.84. The molecular formula is C20H22FN3O2. The van der Waals surface area contributed by atoms with E-state index in [2.05, 4.69) is 10.3 Å². The van der Waals surface area contributed by atoms with Crippen LogP contribution in [-0.4, -0.2) is 30.3 Å². The molecule has 136 valence electrons. The number of hydrogen-bond acceptors (Lipinski definition) is 4. The summed E-state index contributed by atoms with van der Waals surface area (Å²) in [6, 6.07) is 10.6. The van der Waals surface area contributed by atoms with Crippen molar-refractivity contribution in [3.63, 3.8) is 0 Å². The minimum Gasteiger partial charge on any atom is -0.493 e. The van der Waals surface area contributed by atoms with Crippen LogP contribution in [0.5, 0.6) is 11.5 Å². The lowest BCUT2D eigenvalue weighted by atomic mass is 10.0. The van der Waals surface area contributed by atoms with Crippen molar-refractivity contribution >= 4 is 5.69 Å². The van der Waals surface area contributed by atoms with Gasteiger partial charge >= 0.3 is 0 Å². The molecule has 26 heavy (non-hydrogen) atoms. The molecule has 0 aliphatic heterocycles. The largest absolute Gasteiger partial charge is 0.493 e. The number of imidazole rings is 1. The minimum absolute atomic E-state index is 0.278. The van der Waals surface area contributed by atoms with Gasteiger partial charge in [0.25, 0.3) is 0 Å². The molecule has 0 aliphatic carbocycles. The van der Waals surface area contributed by atoms with E-state index in [1.807, 2.05) is 35.0 Å². The van der Waals surface area contributed by atoms with E-state index in [0.29, 0.717) is 23.7 Å². The summed E-state index contributed by atoms with van der Waals surface area (Å²) in [5.41, 5.74) is 2.14. The number of benzene rings is 2. The second kappa shape index (κ2) is 8.38. The fourth-order valence-corrected chi connectivity index (χ4v) is 2.84. The molecule has 0 fully saturated rings. The van der Waals surface area contributed by atoms with Crippen molar-refractivity contribution in [2.24, 2.45) is 0 Å². The number of aryl methyl sites for hydroxylation is 1. The lowest BCUT2D eigenvalue weighted by Crippen LogP contribution is -2.08. The Morgan fingerprint density at radius 1 is 1.12 bits per heavy atom. The molecule has 3 rings (SSSR count). The Morgan fingerprint density at radius 3 is 2.69 bits per heavy atom. The average molecular weight is 355 g/mol. The maximum Gasteiger partial charge on any atom is 0.161 e. The second-order valence-electron chi connectivity index (χ2n) is 5.81. The van der Waals surface area contributed by atoms with Crippen molar-refractivity contribution in [2.75, 3.05) is 26.1 Å². The molecule has 0 bridgehead atoms. The Labute approximate surface area is 152 Å². The predicted octanol–water partition coefficient (Wildman–Crippen LogP) is 4.21. The van der Waals surface area contributed by atoms with Gasteiger partial charge in [-0.1, -0.05) is 18.2 Å². The van der Waals surface area contributed by atoms with Crippen LogP contribution in [0.2, 0.25) is 0 Å². The highest BCUT2D eigenvalue weighted by molar-refractivity contribution is 5.79. The SMILES string of the molecule is COc1ccc(-c2cccc(F)c2NCCCn2ccnc2)cc1OC. The first-order chi connectivity index (χ1) is 12.7. The normalized spacial score (nSPS) is 10.6. The van der Waals surface area contributed by atoms with Gasteiger partial charge in [-0.2, -0.15) is 0 Å². The zero-order valence-electron chi connectivity index (χ0n) is 14.9. The van der Waals surface area contributed by atoms with Gasteiger partial charge in [0.05, 0.1) is 26.2 Å². The highest BCUT2D eigenvalue weighted by Gasteiger charge is 2.12. The molecule has 5 nitrogen and oxygen atoms in total. The van der Waals surface area contributed by atoms with Crippen LogP contribution in [-0.2, 0) is 6.54 Å². The Morgan fingerprint density at radius 2 is 1.96 bits per heavy atom. The number of hydrogen-bond donors (Lipinski definition) is 1. The Bertz CT molecular complexity index is 850. The molecule has 0 amide bonds. The van der Waals surface area contributed by atoms with E-state index in [0.717, 1.165) is 24.1 Å². The number of ether oxygens (including phenoxy) is 2. The highest BCUT2D eigenvalue weighted by Crippen LogP contribution is 2.36. The highest BCUT2D eigenvalue weighted by atomic mass is 19.1. The molecule has 0 saturated heterocycles. The first kappa shape index (κ1) is 17.8. The van der Waals surface area contributed by atoms with Crippen molar-refractivity contribution in [2.45, 2.75) is 13.0 Å². The van der Waals surface area contributed by atoms with Crippen LogP contribution in [0.25, 0.3) is 11.1 Å². The molecule has 1 N–H and O–H groups in total. The molecule has 0 aliphatic rings. The molecule has 6 heteroatoms. The van der Waals surface area contributed by atoms with Crippen LogP contribution < -0.4 is 14.8 Å². The maximum absolute atomic E-state index is 14.4. The fraction of sp³-hybridized carbons (Fsp3) is 0.250. The van der Waals surface area contributed by atoms with E-state index >= 15 is 0 Å². The molecule has 0 spiro atoms. The monoisotopic (exact) mass is 355 g/mol. The number of halogens is 1. The second-order valence-corrected chi connectivity index (χ2v) is 5.81. The Kier molecular flexibility index (Phi) is 5.73. The number of para-hydroxylation sites is 1. The first-order valence-corrected chi connectivity index (χ1v) is 8.43. The summed E-state index contributed by atoms with van der Waals surface area (Å²) in [7, 11) is 3.18. The summed E-state index contributed by atoms with van der Waals surface area (Å²) < 4.78 is 27.1. The van der Waals surface area contributed by atoms with Gasteiger partial charge in [0.2, 0.25) is 0 Å². The molecular weight excluding hydrogens is 333 g/mol. The number of rotatable bonds is 8. The summed E-state index contributed by atoms with van der Waals surface area (Å²) in [5.74, 6) is 0.975. The van der Waals surface area contributed by atoms with Crippen LogP contribution >= 0.6 is 0 Å². The van der Waals surface area contributed by atoms with Gasteiger partial charge in [0.1, 0.15) is 5.82 Å². The van der Waals surface area contributed by atoms with Gasteiger partial charge in [-0.3, -0.25) is 0 Å². The summed E-state index contributed by atoms with van der Waals surface area (Å²) in [6.45, 7) is 1.48. The summed E-state index contributed by atoms with van der Waals surface area (Å²) in [4.78, 5) is 4.02. The zero-order valence-corrected chi connectivity index (χ0v) is 14.9. The van der Waals surface area contributed by atoms with E-state index in [4.69, 9.17) is 9.47 Å². The van der Waals surface area contributed by atoms with Gasteiger partial charge in [-0.05, 0) is 30.2 Å². The molecule has 0 unspecified atom stereocenters. The Hall–Kier alpha value is -3.02. The average Bonchev–Trinajstić information content (AvgIpc) is 3.19. The third kappa shape index (κ3) is 3.96. The van der Waals surface area contributed by atoms with Crippen LogP contribution in [0.15, 0.2) is 55.1 Å². The topological polar surface area (TPSA) is 48.3 Å².